The molecule has 0 spiro atoms. The number of anilines is 3. The minimum absolute atomic E-state index is 0.0297. The third-order valence-electron chi connectivity index (χ3n) is 12.9. The van der Waals surface area contributed by atoms with E-state index in [2.05, 4.69) is 174 Å². The first kappa shape index (κ1) is 33.0. The Bertz CT molecular complexity index is 2320. The molecule has 9 rings (SSSR count). The van der Waals surface area contributed by atoms with Crippen molar-refractivity contribution in [3.63, 3.8) is 0 Å². The molecule has 0 heterocycles. The molecule has 52 heavy (non-hydrogen) atoms. The molecule has 0 saturated carbocycles. The Hall–Kier alpha value is -4.88. The van der Waals surface area contributed by atoms with Crippen LogP contribution >= 0.6 is 0 Å². The molecular formula is C51H51N. The van der Waals surface area contributed by atoms with Crippen molar-refractivity contribution in [2.45, 2.75) is 96.3 Å². The predicted molar refractivity (Wildman–Crippen MR) is 221 cm³/mol. The molecule has 0 fully saturated rings. The molecule has 1 heteroatoms. The summed E-state index contributed by atoms with van der Waals surface area (Å²) in [4.78, 5) is 2.65. The molecule has 0 amide bonds. The predicted octanol–water partition coefficient (Wildman–Crippen LogP) is 14.0. The Balaban J connectivity index is 1.37. The summed E-state index contributed by atoms with van der Waals surface area (Å²) < 4.78 is 0. The van der Waals surface area contributed by atoms with Crippen molar-refractivity contribution in [2.75, 3.05) is 4.90 Å². The van der Waals surface area contributed by atoms with E-state index in [0.717, 1.165) is 12.8 Å². The molecule has 0 N–H and O–H groups in total. The van der Waals surface area contributed by atoms with Crippen LogP contribution in [0.4, 0.5) is 17.1 Å². The van der Waals surface area contributed by atoms with Crippen LogP contribution in [0.3, 0.4) is 0 Å². The van der Waals surface area contributed by atoms with Crippen LogP contribution in [-0.2, 0) is 29.1 Å². The minimum atomic E-state index is -0.116. The fraction of sp³-hybridized carbons (Fsp3) is 0.294. The van der Waals surface area contributed by atoms with Gasteiger partial charge in [0.2, 0.25) is 0 Å². The van der Waals surface area contributed by atoms with Gasteiger partial charge in [0.15, 0.2) is 0 Å². The molecule has 3 aliphatic carbocycles. The lowest BCUT2D eigenvalue weighted by Crippen LogP contribution is -2.35. The zero-order chi connectivity index (χ0) is 35.8. The van der Waals surface area contributed by atoms with Crippen molar-refractivity contribution in [2.24, 2.45) is 0 Å². The first-order valence-corrected chi connectivity index (χ1v) is 19.5. The third kappa shape index (κ3) is 5.19. The van der Waals surface area contributed by atoms with Gasteiger partial charge in [0.05, 0.1) is 11.4 Å². The number of hydrogen-bond donors (Lipinski definition) is 0. The first-order valence-electron chi connectivity index (χ1n) is 19.5. The van der Waals surface area contributed by atoms with Gasteiger partial charge in [-0.25, -0.2) is 0 Å². The summed E-state index contributed by atoms with van der Waals surface area (Å²) in [5.74, 6) is 0. The molecule has 0 bridgehead atoms. The molecule has 260 valence electrons. The van der Waals surface area contributed by atoms with Crippen LogP contribution in [-0.4, -0.2) is 0 Å². The van der Waals surface area contributed by atoms with Gasteiger partial charge in [-0.15, -0.1) is 0 Å². The molecule has 6 aromatic rings. The summed E-state index contributed by atoms with van der Waals surface area (Å²) in [6, 6.07) is 48.6. The van der Waals surface area contributed by atoms with Crippen LogP contribution in [0.25, 0.3) is 33.4 Å². The van der Waals surface area contributed by atoms with E-state index in [0.29, 0.717) is 0 Å². The molecule has 1 nitrogen and oxygen atoms in total. The molecule has 0 radical (unpaired) electrons. The SMILES string of the molecule is CC1(C)CCC(C)(C)c2c(N(c3ccc(-c4ccccc4)cc3)c3cc4c(cc3-c3cccc5c3CCCC5)-c3ccccc3C4(C)C)cccc21. The first-order chi connectivity index (χ1) is 25.0. The van der Waals surface area contributed by atoms with Gasteiger partial charge in [-0.2, -0.15) is 0 Å². The van der Waals surface area contributed by atoms with Crippen LogP contribution < -0.4 is 4.90 Å². The van der Waals surface area contributed by atoms with Crippen molar-refractivity contribution in [1.29, 1.82) is 0 Å². The van der Waals surface area contributed by atoms with Gasteiger partial charge in [0.1, 0.15) is 0 Å². The zero-order valence-corrected chi connectivity index (χ0v) is 31.8. The number of hydrogen-bond acceptors (Lipinski definition) is 1. The van der Waals surface area contributed by atoms with Gasteiger partial charge in [0, 0.05) is 16.7 Å². The standard InChI is InChI=1S/C51H51N/c1-49(2)30-31-50(3,4)48-44(49)24-15-25-46(48)52(37-28-26-35(27-29-37)34-16-8-7-9-17-34)47-33-45-41(40-21-12-13-23-43(40)51(45,5)6)32-42(47)39-22-14-19-36-18-10-11-20-38(36)39/h7-9,12-17,19,21-29,32-33H,10-11,18,20,30-31H2,1-6H3. The molecule has 0 unspecified atom stereocenters. The van der Waals surface area contributed by atoms with Crippen LogP contribution in [0.1, 0.15) is 101 Å². The van der Waals surface area contributed by atoms with E-state index in [1.165, 1.54) is 110 Å². The summed E-state index contributed by atoms with van der Waals surface area (Å²) in [6.07, 6.45) is 7.18. The highest BCUT2D eigenvalue weighted by Gasteiger charge is 2.41. The van der Waals surface area contributed by atoms with Gasteiger partial charge in [-0.05, 0) is 141 Å². The Morgan fingerprint density at radius 3 is 1.92 bits per heavy atom. The topological polar surface area (TPSA) is 3.24 Å². The highest BCUT2D eigenvalue weighted by Crippen LogP contribution is 2.56. The van der Waals surface area contributed by atoms with Crippen molar-refractivity contribution in [1.82, 2.24) is 0 Å². The quantitative estimate of drug-likeness (QED) is 0.176. The molecule has 3 aliphatic rings. The number of benzene rings is 6. The Kier molecular flexibility index (Phi) is 7.67. The van der Waals surface area contributed by atoms with Gasteiger partial charge < -0.3 is 4.90 Å². The van der Waals surface area contributed by atoms with Crippen molar-refractivity contribution < 1.29 is 0 Å². The van der Waals surface area contributed by atoms with Gasteiger partial charge in [0.25, 0.3) is 0 Å². The average Bonchev–Trinajstić information content (AvgIpc) is 3.39. The van der Waals surface area contributed by atoms with E-state index in [1.54, 1.807) is 0 Å². The molecule has 0 aliphatic heterocycles. The Morgan fingerprint density at radius 1 is 0.462 bits per heavy atom. The lowest BCUT2D eigenvalue weighted by atomic mass is 9.62. The number of nitrogens with zero attached hydrogens (tertiary/aromatic N) is 1. The molecule has 0 saturated heterocycles. The van der Waals surface area contributed by atoms with Gasteiger partial charge in [-0.3, -0.25) is 0 Å². The monoisotopic (exact) mass is 677 g/mol. The lowest BCUT2D eigenvalue weighted by molar-refractivity contribution is 0.332. The Morgan fingerprint density at radius 2 is 1.12 bits per heavy atom. The smallest absolute Gasteiger partial charge is 0.0543 e. The highest BCUT2D eigenvalue weighted by molar-refractivity contribution is 5.96. The van der Waals surface area contributed by atoms with E-state index >= 15 is 0 Å². The maximum atomic E-state index is 2.65. The van der Waals surface area contributed by atoms with E-state index in [4.69, 9.17) is 0 Å². The summed E-state index contributed by atoms with van der Waals surface area (Å²) in [5.41, 5.74) is 20.6. The fourth-order valence-corrected chi connectivity index (χ4v) is 9.90. The summed E-state index contributed by atoms with van der Waals surface area (Å²) >= 11 is 0. The van der Waals surface area contributed by atoms with Crippen molar-refractivity contribution >= 4 is 17.1 Å². The minimum Gasteiger partial charge on any atom is -0.310 e. The average molecular weight is 678 g/mol. The second kappa shape index (κ2) is 12.1. The van der Waals surface area contributed by atoms with E-state index in [9.17, 15) is 0 Å². The van der Waals surface area contributed by atoms with E-state index < -0.39 is 0 Å². The van der Waals surface area contributed by atoms with E-state index in [-0.39, 0.29) is 16.2 Å². The van der Waals surface area contributed by atoms with Crippen molar-refractivity contribution in [3.05, 3.63) is 161 Å². The largest absolute Gasteiger partial charge is 0.310 e. The summed E-state index contributed by atoms with van der Waals surface area (Å²) in [7, 11) is 0. The Labute approximate surface area is 311 Å². The summed E-state index contributed by atoms with van der Waals surface area (Å²) in [6.45, 7) is 14.7. The summed E-state index contributed by atoms with van der Waals surface area (Å²) in [5, 5.41) is 0. The third-order valence-corrected chi connectivity index (χ3v) is 12.9. The van der Waals surface area contributed by atoms with Gasteiger partial charge >= 0.3 is 0 Å². The number of aryl methyl sites for hydroxylation is 1. The number of rotatable bonds is 5. The molecule has 0 aromatic heterocycles. The van der Waals surface area contributed by atoms with Gasteiger partial charge in [-0.1, -0.05) is 139 Å². The lowest BCUT2D eigenvalue weighted by Gasteiger charge is -2.45. The highest BCUT2D eigenvalue weighted by atomic mass is 15.1. The van der Waals surface area contributed by atoms with Crippen molar-refractivity contribution in [3.8, 4) is 33.4 Å². The molecule has 0 atom stereocenters. The van der Waals surface area contributed by atoms with Crippen LogP contribution in [0.15, 0.2) is 127 Å². The fourth-order valence-electron chi connectivity index (χ4n) is 9.90. The zero-order valence-electron chi connectivity index (χ0n) is 31.8. The molecular weight excluding hydrogens is 627 g/mol. The second-order valence-electron chi connectivity index (χ2n) is 17.5. The van der Waals surface area contributed by atoms with Crippen LogP contribution in [0.5, 0.6) is 0 Å². The van der Waals surface area contributed by atoms with Crippen LogP contribution in [0.2, 0.25) is 0 Å². The van der Waals surface area contributed by atoms with E-state index in [1.807, 2.05) is 0 Å². The maximum Gasteiger partial charge on any atom is 0.0543 e. The number of fused-ring (bicyclic) bond motifs is 5. The second-order valence-corrected chi connectivity index (χ2v) is 17.5. The maximum absolute atomic E-state index is 2.65. The van der Waals surface area contributed by atoms with Crippen LogP contribution in [0, 0.1) is 0 Å². The normalized spacial score (nSPS) is 17.4. The molecule has 6 aromatic carbocycles.